The first-order valence-corrected chi connectivity index (χ1v) is 9.68. The van der Waals surface area contributed by atoms with E-state index in [2.05, 4.69) is 9.97 Å². The molecule has 0 aliphatic heterocycles. The van der Waals surface area contributed by atoms with Crippen LogP contribution in [0.4, 0.5) is 13.2 Å². The first kappa shape index (κ1) is 21.2. The molecule has 3 rings (SSSR count). The van der Waals surface area contributed by atoms with Crippen LogP contribution < -0.4 is 0 Å². The molecule has 0 unspecified atom stereocenters. The summed E-state index contributed by atoms with van der Waals surface area (Å²) in [6.45, 7) is 0.382. The number of benzene rings is 1. The minimum atomic E-state index is -4.53. The Hall–Kier alpha value is -2.52. The van der Waals surface area contributed by atoms with E-state index in [-0.39, 0.29) is 16.5 Å². The van der Waals surface area contributed by atoms with E-state index < -0.39 is 17.7 Å². The normalized spacial score (nSPS) is 11.6. The maximum Gasteiger partial charge on any atom is 0.417 e. The second-order valence-electron chi connectivity index (χ2n) is 6.08. The summed E-state index contributed by atoms with van der Waals surface area (Å²) in [5.41, 5.74) is 0.589. The molecule has 1 N–H and O–H groups in total. The molecule has 2 aromatic heterocycles. The first-order chi connectivity index (χ1) is 13.7. The van der Waals surface area contributed by atoms with Crippen LogP contribution >= 0.6 is 23.4 Å². The number of alkyl halides is 3. The molecule has 1 aromatic carbocycles. The third-order valence-electron chi connectivity index (χ3n) is 3.92. The van der Waals surface area contributed by atoms with Crippen molar-refractivity contribution in [3.63, 3.8) is 0 Å². The van der Waals surface area contributed by atoms with Gasteiger partial charge in [0.05, 0.1) is 16.3 Å². The standard InChI is InChI=1S/C19H15ClF3N3O2S/c20-14-9-13(19(21,22)23)10-24-17(14)29-18-25-15(12-5-2-1-3-6-12)11-26(18)8-4-7-16(27)28/h1-3,5-6,9-11H,4,7-8H2,(H,27,28). The number of carboxylic acids is 1. The number of hydrogen-bond acceptors (Lipinski definition) is 4. The molecular weight excluding hydrogens is 427 g/mol. The van der Waals surface area contributed by atoms with Crippen molar-refractivity contribution in [3.05, 3.63) is 59.4 Å². The van der Waals surface area contributed by atoms with Crippen LogP contribution in [0.2, 0.25) is 5.02 Å². The van der Waals surface area contributed by atoms with Crippen molar-refractivity contribution in [1.82, 2.24) is 14.5 Å². The summed E-state index contributed by atoms with van der Waals surface area (Å²) < 4.78 is 40.2. The van der Waals surface area contributed by atoms with Gasteiger partial charge in [-0.2, -0.15) is 13.2 Å². The van der Waals surface area contributed by atoms with E-state index in [4.69, 9.17) is 16.7 Å². The lowest BCUT2D eigenvalue weighted by Gasteiger charge is -2.09. The van der Waals surface area contributed by atoms with Crippen molar-refractivity contribution < 1.29 is 23.1 Å². The van der Waals surface area contributed by atoms with Crippen LogP contribution in [0.1, 0.15) is 18.4 Å². The maximum atomic E-state index is 12.8. The molecule has 29 heavy (non-hydrogen) atoms. The first-order valence-electron chi connectivity index (χ1n) is 8.49. The fourth-order valence-corrected chi connectivity index (χ4v) is 3.65. The quantitative estimate of drug-likeness (QED) is 0.514. The number of halogens is 4. The van der Waals surface area contributed by atoms with Gasteiger partial charge in [-0.1, -0.05) is 41.9 Å². The van der Waals surface area contributed by atoms with Gasteiger partial charge in [-0.25, -0.2) is 9.97 Å². The number of rotatable bonds is 7. The minimum absolute atomic E-state index is 0.0117. The van der Waals surface area contributed by atoms with Crippen LogP contribution in [0.5, 0.6) is 0 Å². The number of aryl methyl sites for hydroxylation is 1. The number of nitrogens with zero attached hydrogens (tertiary/aromatic N) is 3. The van der Waals surface area contributed by atoms with E-state index in [1.54, 1.807) is 10.8 Å². The predicted octanol–water partition coefficient (Wildman–Crippen LogP) is 5.63. The van der Waals surface area contributed by atoms with Crippen LogP contribution in [0.3, 0.4) is 0 Å². The van der Waals surface area contributed by atoms with Crippen molar-refractivity contribution in [2.24, 2.45) is 0 Å². The van der Waals surface area contributed by atoms with Gasteiger partial charge in [0.2, 0.25) is 0 Å². The molecule has 0 aliphatic carbocycles. The van der Waals surface area contributed by atoms with Crippen molar-refractivity contribution in [1.29, 1.82) is 0 Å². The Bertz CT molecular complexity index is 1010. The molecule has 0 saturated heterocycles. The van der Waals surface area contributed by atoms with E-state index in [9.17, 15) is 18.0 Å². The molecule has 0 aliphatic rings. The maximum absolute atomic E-state index is 12.8. The van der Waals surface area contributed by atoms with E-state index >= 15 is 0 Å². The Morgan fingerprint density at radius 2 is 1.97 bits per heavy atom. The van der Waals surface area contributed by atoms with Gasteiger partial charge in [0.15, 0.2) is 5.16 Å². The molecule has 5 nitrogen and oxygen atoms in total. The molecule has 0 spiro atoms. The summed E-state index contributed by atoms with van der Waals surface area (Å²) in [4.78, 5) is 19.2. The molecule has 0 fully saturated rings. The lowest BCUT2D eigenvalue weighted by Crippen LogP contribution is -2.06. The van der Waals surface area contributed by atoms with Crippen LogP contribution in [0.25, 0.3) is 11.3 Å². The number of aliphatic carboxylic acids is 1. The third-order valence-corrected chi connectivity index (χ3v) is 5.35. The Morgan fingerprint density at radius 3 is 2.59 bits per heavy atom. The fourth-order valence-electron chi connectivity index (χ4n) is 2.53. The Morgan fingerprint density at radius 1 is 1.24 bits per heavy atom. The van der Waals surface area contributed by atoms with E-state index in [0.717, 1.165) is 29.6 Å². The number of carboxylic acid groups (broad SMARTS) is 1. The van der Waals surface area contributed by atoms with Crippen molar-refractivity contribution in [2.45, 2.75) is 35.7 Å². The van der Waals surface area contributed by atoms with Crippen LogP contribution in [-0.4, -0.2) is 25.6 Å². The van der Waals surface area contributed by atoms with Crippen LogP contribution in [0.15, 0.2) is 59.0 Å². The number of pyridine rings is 1. The summed E-state index contributed by atoms with van der Waals surface area (Å²) in [6.07, 6.45) is -1.67. The molecule has 0 saturated carbocycles. The average molecular weight is 442 g/mol. The lowest BCUT2D eigenvalue weighted by atomic mass is 10.2. The monoisotopic (exact) mass is 441 g/mol. The highest BCUT2D eigenvalue weighted by Gasteiger charge is 2.31. The van der Waals surface area contributed by atoms with Crippen molar-refractivity contribution in [2.75, 3.05) is 0 Å². The van der Waals surface area contributed by atoms with Gasteiger partial charge in [-0.05, 0) is 24.2 Å². The molecular formula is C19H15ClF3N3O2S. The summed E-state index contributed by atoms with van der Waals surface area (Å²) >= 11 is 7.04. The second-order valence-corrected chi connectivity index (χ2v) is 7.44. The summed E-state index contributed by atoms with van der Waals surface area (Å²) in [6, 6.07) is 10.2. The molecule has 10 heteroatoms. The van der Waals surface area contributed by atoms with Gasteiger partial charge in [-0.3, -0.25) is 4.79 Å². The van der Waals surface area contributed by atoms with E-state index in [0.29, 0.717) is 23.8 Å². The van der Waals surface area contributed by atoms with Crippen molar-refractivity contribution in [3.8, 4) is 11.3 Å². The molecule has 0 bridgehead atoms. The topological polar surface area (TPSA) is 68.0 Å². The average Bonchev–Trinajstić information content (AvgIpc) is 3.06. The zero-order valence-electron chi connectivity index (χ0n) is 14.9. The third kappa shape index (κ3) is 5.51. The molecule has 2 heterocycles. The minimum Gasteiger partial charge on any atom is -0.481 e. The van der Waals surface area contributed by atoms with Gasteiger partial charge in [-0.15, -0.1) is 0 Å². The van der Waals surface area contributed by atoms with Gasteiger partial charge in [0.1, 0.15) is 5.03 Å². The van der Waals surface area contributed by atoms with Crippen LogP contribution in [0, 0.1) is 0 Å². The molecule has 152 valence electrons. The van der Waals surface area contributed by atoms with Crippen LogP contribution in [-0.2, 0) is 17.5 Å². The number of aromatic nitrogens is 3. The Kier molecular flexibility index (Phi) is 6.49. The Labute approximate surface area is 173 Å². The highest BCUT2D eigenvalue weighted by Crippen LogP contribution is 2.36. The van der Waals surface area contributed by atoms with Crippen molar-refractivity contribution >= 4 is 29.3 Å². The Balaban J connectivity index is 1.90. The predicted molar refractivity (Wildman–Crippen MR) is 103 cm³/mol. The summed E-state index contributed by atoms with van der Waals surface area (Å²) in [5, 5.41) is 9.37. The lowest BCUT2D eigenvalue weighted by molar-refractivity contribution is -0.138. The number of imidazole rings is 1. The zero-order chi connectivity index (χ0) is 21.0. The molecule has 0 atom stereocenters. The molecule has 0 amide bonds. The SMILES string of the molecule is O=C(O)CCCn1cc(-c2ccccc2)nc1Sc1ncc(C(F)(F)F)cc1Cl. The largest absolute Gasteiger partial charge is 0.481 e. The molecule has 0 radical (unpaired) electrons. The second kappa shape index (κ2) is 8.87. The molecule has 3 aromatic rings. The number of hydrogen-bond donors (Lipinski definition) is 1. The van der Waals surface area contributed by atoms with Gasteiger partial charge in [0, 0.05) is 30.9 Å². The summed E-state index contributed by atoms with van der Waals surface area (Å²) in [5.74, 6) is -0.907. The van der Waals surface area contributed by atoms with Gasteiger partial charge >= 0.3 is 12.1 Å². The van der Waals surface area contributed by atoms with Gasteiger partial charge < -0.3 is 9.67 Å². The highest BCUT2D eigenvalue weighted by molar-refractivity contribution is 7.99. The summed E-state index contributed by atoms with van der Waals surface area (Å²) in [7, 11) is 0. The fraction of sp³-hybridized carbons (Fsp3) is 0.211. The highest BCUT2D eigenvalue weighted by atomic mass is 35.5. The smallest absolute Gasteiger partial charge is 0.417 e. The van der Waals surface area contributed by atoms with E-state index in [1.165, 1.54) is 0 Å². The van der Waals surface area contributed by atoms with Gasteiger partial charge in [0.25, 0.3) is 0 Å². The van der Waals surface area contributed by atoms with E-state index in [1.807, 2.05) is 30.3 Å². The number of carbonyl (C=O) groups is 1. The zero-order valence-corrected chi connectivity index (χ0v) is 16.4.